The summed E-state index contributed by atoms with van der Waals surface area (Å²) in [7, 11) is -3.59. The molecule has 1 aliphatic heterocycles. The van der Waals surface area contributed by atoms with E-state index in [4.69, 9.17) is 0 Å². The Bertz CT molecular complexity index is 299. The monoisotopic (exact) mass is 252 g/mol. The van der Waals surface area contributed by atoms with Gasteiger partial charge in [-0.3, -0.25) is 0 Å². The molecule has 1 rings (SSSR count). The van der Waals surface area contributed by atoms with E-state index in [2.05, 4.69) is 4.72 Å². The fourth-order valence-corrected chi connectivity index (χ4v) is 3.37. The highest BCUT2D eigenvalue weighted by Crippen LogP contribution is 2.16. The molecular weight excluding hydrogens is 232 g/mol. The predicted octanol–water partition coefficient (Wildman–Crippen LogP) is -0.950. The minimum absolute atomic E-state index is 0.340. The zero-order valence-electron chi connectivity index (χ0n) is 9.52. The zero-order valence-corrected chi connectivity index (χ0v) is 10.3. The van der Waals surface area contributed by atoms with Crippen molar-refractivity contribution < 1.29 is 18.6 Å². The molecule has 0 spiro atoms. The van der Waals surface area contributed by atoms with Gasteiger partial charge in [-0.15, -0.1) is 0 Å². The third-order valence-electron chi connectivity index (χ3n) is 3.03. The van der Waals surface area contributed by atoms with E-state index in [1.54, 1.807) is 6.92 Å². The maximum Gasteiger partial charge on any atom is 0.280 e. The fraction of sp³-hybridized carbons (Fsp3) is 1.00. The lowest BCUT2D eigenvalue weighted by molar-refractivity contribution is 0.104. The fourth-order valence-electron chi connectivity index (χ4n) is 1.68. The van der Waals surface area contributed by atoms with Gasteiger partial charge in [-0.05, 0) is 19.3 Å². The van der Waals surface area contributed by atoms with Crippen LogP contribution in [0.4, 0.5) is 0 Å². The van der Waals surface area contributed by atoms with E-state index in [1.807, 2.05) is 0 Å². The molecule has 0 aliphatic carbocycles. The molecule has 1 aliphatic rings. The summed E-state index contributed by atoms with van der Waals surface area (Å²) in [5.41, 5.74) is -1.15. The summed E-state index contributed by atoms with van der Waals surface area (Å²) in [6.45, 7) is 1.91. The molecule has 7 heteroatoms. The number of aliphatic hydroxyl groups excluding tert-OH is 2. The molecule has 0 atom stereocenters. The Morgan fingerprint density at radius 3 is 2.12 bits per heavy atom. The van der Waals surface area contributed by atoms with E-state index in [1.165, 1.54) is 4.31 Å². The molecule has 1 fully saturated rings. The Morgan fingerprint density at radius 2 is 1.75 bits per heavy atom. The van der Waals surface area contributed by atoms with Crippen LogP contribution in [0.3, 0.4) is 0 Å². The lowest BCUT2D eigenvalue weighted by Crippen LogP contribution is -2.57. The van der Waals surface area contributed by atoms with Gasteiger partial charge in [-0.25, -0.2) is 0 Å². The van der Waals surface area contributed by atoms with Gasteiger partial charge in [0, 0.05) is 13.1 Å². The zero-order chi connectivity index (χ0) is 12.2. The van der Waals surface area contributed by atoms with Crippen molar-refractivity contribution in [1.82, 2.24) is 9.03 Å². The highest BCUT2D eigenvalue weighted by Gasteiger charge is 2.35. The van der Waals surface area contributed by atoms with Crippen molar-refractivity contribution in [3.8, 4) is 0 Å². The van der Waals surface area contributed by atoms with Gasteiger partial charge in [0.1, 0.15) is 0 Å². The molecule has 3 N–H and O–H groups in total. The average Bonchev–Trinajstić information content (AvgIpc) is 2.80. The molecule has 0 amide bonds. The second-order valence-corrected chi connectivity index (χ2v) is 5.83. The standard InChI is InChI=1S/C9H20N2O4S/c1-2-9(7-12,8-13)10-16(14,15)11-5-3-4-6-11/h10,12-13H,2-8H2,1H3. The topological polar surface area (TPSA) is 89.9 Å². The minimum atomic E-state index is -3.59. The summed E-state index contributed by atoms with van der Waals surface area (Å²) in [4.78, 5) is 0. The summed E-state index contributed by atoms with van der Waals surface area (Å²) >= 11 is 0. The average molecular weight is 252 g/mol. The van der Waals surface area contributed by atoms with E-state index in [9.17, 15) is 18.6 Å². The molecule has 0 radical (unpaired) electrons. The van der Waals surface area contributed by atoms with Gasteiger partial charge in [0.15, 0.2) is 0 Å². The van der Waals surface area contributed by atoms with Crippen LogP contribution >= 0.6 is 0 Å². The van der Waals surface area contributed by atoms with Crippen LogP contribution < -0.4 is 4.72 Å². The number of hydrogen-bond donors (Lipinski definition) is 3. The van der Waals surface area contributed by atoms with Crippen LogP contribution in [0.1, 0.15) is 26.2 Å². The van der Waals surface area contributed by atoms with E-state index < -0.39 is 29.0 Å². The van der Waals surface area contributed by atoms with Crippen molar-refractivity contribution in [2.75, 3.05) is 26.3 Å². The summed E-state index contributed by atoms with van der Waals surface area (Å²) in [6, 6.07) is 0. The summed E-state index contributed by atoms with van der Waals surface area (Å²) in [6.07, 6.45) is 2.06. The van der Waals surface area contributed by atoms with Crippen LogP contribution in [-0.2, 0) is 10.2 Å². The molecule has 96 valence electrons. The van der Waals surface area contributed by atoms with Crippen LogP contribution in [0.15, 0.2) is 0 Å². The van der Waals surface area contributed by atoms with Crippen molar-refractivity contribution in [3.63, 3.8) is 0 Å². The largest absolute Gasteiger partial charge is 0.394 e. The molecule has 1 saturated heterocycles. The smallest absolute Gasteiger partial charge is 0.280 e. The van der Waals surface area contributed by atoms with Crippen molar-refractivity contribution in [3.05, 3.63) is 0 Å². The maximum atomic E-state index is 11.9. The number of nitrogens with zero attached hydrogens (tertiary/aromatic N) is 1. The quantitative estimate of drug-likeness (QED) is 0.568. The van der Waals surface area contributed by atoms with Gasteiger partial charge in [0.25, 0.3) is 10.2 Å². The van der Waals surface area contributed by atoms with Gasteiger partial charge < -0.3 is 10.2 Å². The highest BCUT2D eigenvalue weighted by atomic mass is 32.2. The lowest BCUT2D eigenvalue weighted by atomic mass is 10.0. The first-order valence-electron chi connectivity index (χ1n) is 5.50. The van der Waals surface area contributed by atoms with E-state index in [0.29, 0.717) is 19.5 Å². The Morgan fingerprint density at radius 1 is 1.25 bits per heavy atom. The number of hydrogen-bond acceptors (Lipinski definition) is 4. The van der Waals surface area contributed by atoms with Gasteiger partial charge in [0.2, 0.25) is 0 Å². The molecule has 0 bridgehead atoms. The number of aliphatic hydroxyl groups is 2. The van der Waals surface area contributed by atoms with Crippen LogP contribution in [-0.4, -0.2) is 54.8 Å². The molecule has 16 heavy (non-hydrogen) atoms. The second kappa shape index (κ2) is 5.42. The van der Waals surface area contributed by atoms with Gasteiger partial charge in [0.05, 0.1) is 18.8 Å². The van der Waals surface area contributed by atoms with Crippen molar-refractivity contribution in [1.29, 1.82) is 0 Å². The van der Waals surface area contributed by atoms with Crippen molar-refractivity contribution in [2.45, 2.75) is 31.7 Å². The van der Waals surface area contributed by atoms with Gasteiger partial charge >= 0.3 is 0 Å². The van der Waals surface area contributed by atoms with Gasteiger partial charge in [-0.1, -0.05) is 6.92 Å². The van der Waals surface area contributed by atoms with E-state index >= 15 is 0 Å². The highest BCUT2D eigenvalue weighted by molar-refractivity contribution is 7.87. The number of rotatable bonds is 6. The van der Waals surface area contributed by atoms with Crippen molar-refractivity contribution >= 4 is 10.2 Å². The molecule has 0 unspecified atom stereocenters. The Kier molecular flexibility index (Phi) is 4.69. The minimum Gasteiger partial charge on any atom is -0.394 e. The molecule has 0 aromatic rings. The summed E-state index contributed by atoms with van der Waals surface area (Å²) < 4.78 is 27.6. The molecular formula is C9H20N2O4S. The SMILES string of the molecule is CCC(CO)(CO)NS(=O)(=O)N1CCCC1. The van der Waals surface area contributed by atoms with Crippen LogP contribution in [0, 0.1) is 0 Å². The molecule has 6 nitrogen and oxygen atoms in total. The first kappa shape index (κ1) is 13.9. The molecule has 0 aromatic heterocycles. The third kappa shape index (κ3) is 2.92. The van der Waals surface area contributed by atoms with Crippen LogP contribution in [0.2, 0.25) is 0 Å². The first-order chi connectivity index (χ1) is 7.49. The van der Waals surface area contributed by atoms with Gasteiger partial charge in [-0.2, -0.15) is 17.4 Å². The Hall–Kier alpha value is -0.210. The molecule has 0 saturated carbocycles. The predicted molar refractivity (Wildman–Crippen MR) is 60.1 cm³/mol. The van der Waals surface area contributed by atoms with Crippen LogP contribution in [0.5, 0.6) is 0 Å². The first-order valence-corrected chi connectivity index (χ1v) is 6.94. The van der Waals surface area contributed by atoms with E-state index in [-0.39, 0.29) is 0 Å². The summed E-state index contributed by atoms with van der Waals surface area (Å²) in [5, 5.41) is 18.4. The summed E-state index contributed by atoms with van der Waals surface area (Å²) in [5.74, 6) is 0. The number of nitrogens with one attached hydrogen (secondary N) is 1. The maximum absolute atomic E-state index is 11.9. The Labute approximate surface area is 96.4 Å². The Balaban J connectivity index is 2.76. The van der Waals surface area contributed by atoms with E-state index in [0.717, 1.165) is 12.8 Å². The van der Waals surface area contributed by atoms with Crippen molar-refractivity contribution in [2.24, 2.45) is 0 Å². The van der Waals surface area contributed by atoms with Crippen LogP contribution in [0.25, 0.3) is 0 Å². The molecule has 1 heterocycles. The normalized spacial score (nSPS) is 19.2. The third-order valence-corrected chi connectivity index (χ3v) is 4.77. The lowest BCUT2D eigenvalue weighted by Gasteiger charge is -2.31. The second-order valence-electron chi connectivity index (χ2n) is 4.16. The molecule has 0 aromatic carbocycles.